The van der Waals surface area contributed by atoms with E-state index in [1.807, 2.05) is 66.0 Å². The monoisotopic (exact) mass is 589 g/mol. The second-order valence-corrected chi connectivity index (χ2v) is 10.4. The molecule has 0 heterocycles. The van der Waals surface area contributed by atoms with Gasteiger partial charge in [0.05, 0.1) is 18.1 Å². The first kappa shape index (κ1) is 42.1. The molecule has 4 nitrogen and oxygen atoms in total. The van der Waals surface area contributed by atoms with Crippen LogP contribution >= 0.6 is 23.5 Å². The first-order valence-electron chi connectivity index (χ1n) is 14.3. The molecule has 0 saturated heterocycles. The Hall–Kier alpha value is -2.36. The summed E-state index contributed by atoms with van der Waals surface area (Å²) >= 11 is 3.11. The number of oxime groups is 1. The van der Waals surface area contributed by atoms with Gasteiger partial charge in [0.2, 0.25) is 0 Å². The van der Waals surface area contributed by atoms with Crippen molar-refractivity contribution in [3.05, 3.63) is 70.0 Å². The maximum atomic E-state index is 11.6. The fraction of sp³-hybridized carbons (Fsp3) is 0.529. The Morgan fingerprint density at radius 1 is 1.18 bits per heavy atom. The molecule has 0 aromatic heterocycles. The summed E-state index contributed by atoms with van der Waals surface area (Å²) in [5, 5.41) is 13.2. The molecule has 0 amide bonds. The molecular weight excluding hydrogens is 535 g/mol. The minimum Gasteiger partial charge on any atom is -0.465 e. The van der Waals surface area contributed by atoms with Gasteiger partial charge in [-0.05, 0) is 71.6 Å². The van der Waals surface area contributed by atoms with E-state index in [1.54, 1.807) is 18.7 Å². The fourth-order valence-corrected chi connectivity index (χ4v) is 5.07. The molecule has 1 aliphatic carbocycles. The Morgan fingerprint density at radius 2 is 1.77 bits per heavy atom. The van der Waals surface area contributed by atoms with Gasteiger partial charge in [0, 0.05) is 10.2 Å². The molecule has 40 heavy (non-hydrogen) atoms. The largest absolute Gasteiger partial charge is 0.465 e. The number of thioether (sulfide) groups is 2. The Labute approximate surface area is 255 Å². The summed E-state index contributed by atoms with van der Waals surface area (Å²) in [5.41, 5.74) is 3.48. The van der Waals surface area contributed by atoms with Crippen molar-refractivity contribution in [1.29, 1.82) is 0 Å². The van der Waals surface area contributed by atoms with Gasteiger partial charge in [0.15, 0.2) is 0 Å². The predicted octanol–water partition coefficient (Wildman–Crippen LogP) is 10.5. The van der Waals surface area contributed by atoms with Crippen LogP contribution in [0.2, 0.25) is 0 Å². The molecule has 1 aromatic carbocycles. The minimum absolute atomic E-state index is 0.117. The van der Waals surface area contributed by atoms with Crippen molar-refractivity contribution in [2.45, 2.75) is 93.9 Å². The Balaban J connectivity index is -0.000000820. The third-order valence-electron chi connectivity index (χ3n) is 5.15. The zero-order valence-corrected chi connectivity index (χ0v) is 28.3. The van der Waals surface area contributed by atoms with E-state index in [0.29, 0.717) is 18.3 Å². The number of terminal acetylenes is 1. The average Bonchev–Trinajstić information content (AvgIpc) is 3.19. The van der Waals surface area contributed by atoms with Gasteiger partial charge in [0.25, 0.3) is 0 Å². The smallest absolute Gasteiger partial charge is 0.316 e. The van der Waals surface area contributed by atoms with E-state index < -0.39 is 0 Å². The Kier molecular flexibility index (Phi) is 32.8. The lowest BCUT2D eigenvalue weighted by atomic mass is 9.90. The van der Waals surface area contributed by atoms with Crippen LogP contribution in [0.4, 0.5) is 0 Å². The van der Waals surface area contributed by atoms with Crippen molar-refractivity contribution in [3.63, 3.8) is 0 Å². The van der Waals surface area contributed by atoms with Gasteiger partial charge in [-0.3, -0.25) is 4.79 Å². The van der Waals surface area contributed by atoms with Crippen LogP contribution in [0.15, 0.2) is 69.6 Å². The van der Waals surface area contributed by atoms with Gasteiger partial charge >= 0.3 is 5.97 Å². The number of carbonyl (C=O) groups excluding carboxylic acids is 1. The third kappa shape index (κ3) is 22.5. The minimum atomic E-state index is -0.196. The molecular formula is C34H55NO3S2. The summed E-state index contributed by atoms with van der Waals surface area (Å²) in [6.07, 6.45) is 18.8. The number of rotatable bonds is 8. The zero-order chi connectivity index (χ0) is 31.2. The molecule has 1 aromatic rings. The molecule has 0 aliphatic heterocycles. The zero-order valence-electron chi connectivity index (χ0n) is 26.7. The number of allylic oxidation sites excluding steroid dienone is 5. The second kappa shape index (κ2) is 31.2. The lowest BCUT2D eigenvalue weighted by Gasteiger charge is -2.16. The molecule has 2 rings (SSSR count). The molecule has 1 saturated carbocycles. The van der Waals surface area contributed by atoms with E-state index in [2.05, 4.69) is 67.8 Å². The topological polar surface area (TPSA) is 58.9 Å². The lowest BCUT2D eigenvalue weighted by Crippen LogP contribution is -2.13. The number of nitrogens with zero attached hydrogens (tertiary/aromatic N) is 1. The number of carbonyl (C=O) groups is 1. The number of benzene rings is 1. The summed E-state index contributed by atoms with van der Waals surface area (Å²) in [5.74, 6) is 2.88. The van der Waals surface area contributed by atoms with E-state index in [-0.39, 0.29) is 11.9 Å². The third-order valence-corrected chi connectivity index (χ3v) is 7.34. The standard InChI is InChI=1S/C20H27NO3S2.C7H12.C3H4.2C2H6/c1-3-24-19(22)14-26-20(25-2)13-17-11-7-10-16(12-18(17)21-23)15-8-5-4-6-9-15;1-4-5-6-7(2)3;1-3-2;2*1-2/h4-6,8-9,13,16-17,23H,3,7,10-12,14H2,1-2H3;4-6H,1-3H3;1H,2H3;2*1-2H3/b20-13?,21-18+;5-4-;;;. The van der Waals surface area contributed by atoms with Gasteiger partial charge < -0.3 is 9.94 Å². The van der Waals surface area contributed by atoms with Crippen molar-refractivity contribution in [3.8, 4) is 12.3 Å². The van der Waals surface area contributed by atoms with Crippen molar-refractivity contribution in [2.24, 2.45) is 11.1 Å². The fourth-order valence-electron chi connectivity index (χ4n) is 3.52. The first-order chi connectivity index (χ1) is 19.4. The van der Waals surface area contributed by atoms with E-state index in [4.69, 9.17) is 4.74 Å². The van der Waals surface area contributed by atoms with Gasteiger partial charge in [-0.15, -0.1) is 35.9 Å². The van der Waals surface area contributed by atoms with E-state index >= 15 is 0 Å². The highest BCUT2D eigenvalue weighted by Crippen LogP contribution is 2.36. The van der Waals surface area contributed by atoms with Crippen molar-refractivity contribution in [2.75, 3.05) is 18.6 Å². The quantitative estimate of drug-likeness (QED) is 0.0816. The van der Waals surface area contributed by atoms with Gasteiger partial charge in [-0.1, -0.05) is 99.5 Å². The second-order valence-electron chi connectivity index (χ2n) is 8.28. The molecule has 226 valence electrons. The summed E-state index contributed by atoms with van der Waals surface area (Å²) in [6.45, 7) is 18.1. The van der Waals surface area contributed by atoms with Crippen LogP contribution < -0.4 is 0 Å². The summed E-state index contributed by atoms with van der Waals surface area (Å²) in [7, 11) is 0. The van der Waals surface area contributed by atoms with E-state index in [9.17, 15) is 10.0 Å². The molecule has 6 heteroatoms. The average molecular weight is 590 g/mol. The summed E-state index contributed by atoms with van der Waals surface area (Å²) in [6, 6.07) is 10.4. The van der Waals surface area contributed by atoms with Gasteiger partial charge in [-0.2, -0.15) is 0 Å². The maximum Gasteiger partial charge on any atom is 0.316 e. The summed E-state index contributed by atoms with van der Waals surface area (Å²) < 4.78 is 6.06. The molecule has 2 unspecified atom stereocenters. The van der Waals surface area contributed by atoms with Crippen LogP contribution in [0, 0.1) is 18.3 Å². The van der Waals surface area contributed by atoms with Crippen molar-refractivity contribution >= 4 is 35.2 Å². The molecule has 1 fully saturated rings. The van der Waals surface area contributed by atoms with Crippen LogP contribution in [0.25, 0.3) is 0 Å². The van der Waals surface area contributed by atoms with Crippen LogP contribution in [-0.2, 0) is 9.53 Å². The molecule has 0 spiro atoms. The van der Waals surface area contributed by atoms with Gasteiger partial charge in [0.1, 0.15) is 0 Å². The van der Waals surface area contributed by atoms with E-state index in [0.717, 1.165) is 35.6 Å². The van der Waals surface area contributed by atoms with Crippen molar-refractivity contribution in [1.82, 2.24) is 0 Å². The van der Waals surface area contributed by atoms with Crippen LogP contribution in [0.3, 0.4) is 0 Å². The highest BCUT2D eigenvalue weighted by atomic mass is 32.2. The molecule has 2 atom stereocenters. The number of hydrogen-bond acceptors (Lipinski definition) is 6. The molecule has 0 bridgehead atoms. The Bertz CT molecular complexity index is 896. The number of ether oxygens (including phenoxy) is 1. The molecule has 1 N–H and O–H groups in total. The molecule has 0 radical (unpaired) electrons. The van der Waals surface area contributed by atoms with Gasteiger partial charge in [-0.25, -0.2) is 0 Å². The first-order valence-corrected chi connectivity index (χ1v) is 16.5. The number of hydrogen-bond donors (Lipinski definition) is 1. The Morgan fingerprint density at radius 3 is 2.23 bits per heavy atom. The normalized spacial score (nSPS) is 17.0. The predicted molar refractivity (Wildman–Crippen MR) is 182 cm³/mol. The van der Waals surface area contributed by atoms with Crippen molar-refractivity contribution < 1.29 is 14.7 Å². The molecule has 1 aliphatic rings. The van der Waals surface area contributed by atoms with Crippen LogP contribution in [0.1, 0.15) is 99.5 Å². The maximum absolute atomic E-state index is 11.6. The van der Waals surface area contributed by atoms with Crippen LogP contribution in [-0.4, -0.2) is 35.5 Å². The summed E-state index contributed by atoms with van der Waals surface area (Å²) in [4.78, 5) is 11.6. The van der Waals surface area contributed by atoms with E-state index in [1.165, 1.54) is 22.9 Å². The lowest BCUT2D eigenvalue weighted by molar-refractivity contribution is -0.139. The number of esters is 1. The highest BCUT2D eigenvalue weighted by molar-refractivity contribution is 8.22. The highest BCUT2D eigenvalue weighted by Gasteiger charge is 2.25. The SMILES string of the molecule is C#CC.C/C=C\C=C(C)C.CC.CC.CCOC(=O)CSC(=CC1CCCC(c2ccccc2)C/C1=N\O)SC. The van der Waals surface area contributed by atoms with Crippen LogP contribution in [0.5, 0.6) is 0 Å².